The summed E-state index contributed by atoms with van der Waals surface area (Å²) in [5, 5.41) is 3.17. The highest BCUT2D eigenvalue weighted by atomic mass is 35.5. The van der Waals surface area contributed by atoms with E-state index in [1.165, 1.54) is 43.5 Å². The maximum Gasteiger partial charge on any atom is 0.244 e. The zero-order valence-electron chi connectivity index (χ0n) is 15.9. The molecule has 1 aliphatic rings. The molecule has 1 fully saturated rings. The quantitative estimate of drug-likeness (QED) is 0.747. The molecule has 156 valence electrons. The fraction of sp³-hybridized carbons (Fsp3) is 0.350. The molecule has 1 heterocycles. The Kier molecular flexibility index (Phi) is 6.77. The summed E-state index contributed by atoms with van der Waals surface area (Å²) in [5.74, 6) is -0.888. The van der Waals surface area contributed by atoms with Gasteiger partial charge in [0.25, 0.3) is 0 Å². The van der Waals surface area contributed by atoms with E-state index in [0.29, 0.717) is 30.0 Å². The van der Waals surface area contributed by atoms with Crippen LogP contribution in [0.25, 0.3) is 0 Å². The number of amides is 1. The molecule has 0 aliphatic carbocycles. The van der Waals surface area contributed by atoms with Crippen molar-refractivity contribution in [2.24, 2.45) is 0 Å². The van der Waals surface area contributed by atoms with Gasteiger partial charge < -0.3 is 10.1 Å². The zero-order chi connectivity index (χ0) is 21.0. The fourth-order valence-electron chi connectivity index (χ4n) is 3.29. The van der Waals surface area contributed by atoms with Gasteiger partial charge in [-0.1, -0.05) is 17.7 Å². The van der Waals surface area contributed by atoms with Crippen LogP contribution in [-0.2, 0) is 21.4 Å². The van der Waals surface area contributed by atoms with Crippen LogP contribution >= 0.6 is 11.6 Å². The molecular weight excluding hydrogens is 419 g/mol. The molecule has 1 amide bonds. The van der Waals surface area contributed by atoms with Crippen LogP contribution in [0.2, 0.25) is 5.02 Å². The number of hydrogen-bond donors (Lipinski definition) is 1. The van der Waals surface area contributed by atoms with Crippen LogP contribution < -0.4 is 10.1 Å². The molecule has 0 aromatic heterocycles. The van der Waals surface area contributed by atoms with Crippen LogP contribution in [0.4, 0.5) is 4.39 Å². The SMILES string of the molecule is COc1ccc(CN(C2CCCCNC2=O)S(=O)(=O)c2ccc(Cl)cc2)cc1F. The van der Waals surface area contributed by atoms with Crippen molar-refractivity contribution in [3.05, 3.63) is 58.9 Å². The first-order chi connectivity index (χ1) is 13.8. The minimum Gasteiger partial charge on any atom is -0.494 e. The van der Waals surface area contributed by atoms with Gasteiger partial charge in [-0.3, -0.25) is 4.79 Å². The lowest BCUT2D eigenvalue weighted by Crippen LogP contribution is -2.48. The molecule has 1 unspecified atom stereocenters. The topological polar surface area (TPSA) is 75.7 Å². The number of carbonyl (C=O) groups excluding carboxylic acids is 1. The van der Waals surface area contributed by atoms with E-state index >= 15 is 0 Å². The van der Waals surface area contributed by atoms with Gasteiger partial charge in [0, 0.05) is 18.1 Å². The summed E-state index contributed by atoms with van der Waals surface area (Å²) in [4.78, 5) is 12.6. The predicted octanol–water partition coefficient (Wildman–Crippen LogP) is 3.35. The van der Waals surface area contributed by atoms with Crippen LogP contribution in [0, 0.1) is 5.82 Å². The van der Waals surface area contributed by atoms with Crippen molar-refractivity contribution >= 4 is 27.5 Å². The van der Waals surface area contributed by atoms with Gasteiger partial charge in [-0.25, -0.2) is 12.8 Å². The summed E-state index contributed by atoms with van der Waals surface area (Å²) in [6.07, 6.45) is 1.86. The summed E-state index contributed by atoms with van der Waals surface area (Å²) < 4.78 is 47.0. The largest absolute Gasteiger partial charge is 0.494 e. The molecular formula is C20H22ClFN2O4S. The van der Waals surface area contributed by atoms with Gasteiger partial charge in [0.1, 0.15) is 6.04 Å². The molecule has 3 rings (SSSR count). The van der Waals surface area contributed by atoms with Gasteiger partial charge in [0.15, 0.2) is 11.6 Å². The molecule has 2 aromatic rings. The second kappa shape index (κ2) is 9.11. The Labute approximate surface area is 174 Å². The predicted molar refractivity (Wildman–Crippen MR) is 108 cm³/mol. The summed E-state index contributed by atoms with van der Waals surface area (Å²) in [5.41, 5.74) is 0.415. The van der Waals surface area contributed by atoms with Gasteiger partial charge in [0.2, 0.25) is 15.9 Å². The molecule has 1 aliphatic heterocycles. The maximum atomic E-state index is 14.2. The lowest BCUT2D eigenvalue weighted by Gasteiger charge is -2.29. The lowest BCUT2D eigenvalue weighted by atomic mass is 10.1. The van der Waals surface area contributed by atoms with E-state index < -0.39 is 21.9 Å². The molecule has 0 radical (unpaired) electrons. The number of methoxy groups -OCH3 is 1. The standard InChI is InChI=1S/C20H22ClFN2O4S/c1-28-19-10-5-14(12-17(19)22)13-24(18-4-2-3-11-23-20(18)25)29(26,27)16-8-6-15(21)7-9-16/h5-10,12,18H,2-4,11,13H2,1H3,(H,23,25). The van der Waals surface area contributed by atoms with Crippen molar-refractivity contribution in [3.8, 4) is 5.75 Å². The first kappa shape index (κ1) is 21.5. The number of nitrogens with one attached hydrogen (secondary N) is 1. The lowest BCUT2D eigenvalue weighted by molar-refractivity contribution is -0.124. The zero-order valence-corrected chi connectivity index (χ0v) is 17.5. The Bertz CT molecular complexity index is 982. The average molecular weight is 441 g/mol. The van der Waals surface area contributed by atoms with E-state index in [2.05, 4.69) is 5.32 Å². The van der Waals surface area contributed by atoms with Crippen LogP contribution in [0.1, 0.15) is 24.8 Å². The van der Waals surface area contributed by atoms with E-state index in [1.807, 2.05) is 0 Å². The molecule has 6 nitrogen and oxygen atoms in total. The Morgan fingerprint density at radius 3 is 2.59 bits per heavy atom. The van der Waals surface area contributed by atoms with E-state index in [-0.39, 0.29) is 23.1 Å². The number of hydrogen-bond acceptors (Lipinski definition) is 4. The third-order valence-corrected chi connectivity index (χ3v) is 6.95. The first-order valence-corrected chi connectivity index (χ1v) is 11.0. The number of ether oxygens (including phenoxy) is 1. The molecule has 9 heteroatoms. The smallest absolute Gasteiger partial charge is 0.244 e. The highest BCUT2D eigenvalue weighted by Crippen LogP contribution is 2.27. The number of nitrogens with zero attached hydrogens (tertiary/aromatic N) is 1. The molecule has 0 spiro atoms. The summed E-state index contributed by atoms with van der Waals surface area (Å²) in [7, 11) is -2.68. The van der Waals surface area contributed by atoms with E-state index in [9.17, 15) is 17.6 Å². The number of rotatable bonds is 6. The van der Waals surface area contributed by atoms with Crippen LogP contribution in [0.5, 0.6) is 5.75 Å². The summed E-state index contributed by atoms with van der Waals surface area (Å²) in [6, 6.07) is 9.11. The maximum absolute atomic E-state index is 14.2. The van der Waals surface area contributed by atoms with E-state index in [1.54, 1.807) is 6.07 Å². The van der Waals surface area contributed by atoms with Crippen LogP contribution in [0.3, 0.4) is 0 Å². The number of carbonyl (C=O) groups is 1. The highest BCUT2D eigenvalue weighted by molar-refractivity contribution is 7.89. The number of sulfonamides is 1. The second-order valence-electron chi connectivity index (χ2n) is 6.78. The first-order valence-electron chi connectivity index (χ1n) is 9.20. The van der Waals surface area contributed by atoms with Crippen molar-refractivity contribution in [3.63, 3.8) is 0 Å². The average Bonchev–Trinajstić information content (AvgIpc) is 2.90. The van der Waals surface area contributed by atoms with E-state index in [4.69, 9.17) is 16.3 Å². The van der Waals surface area contributed by atoms with Gasteiger partial charge in [0.05, 0.1) is 12.0 Å². The minimum absolute atomic E-state index is 0.0212. The van der Waals surface area contributed by atoms with Crippen molar-refractivity contribution in [1.29, 1.82) is 0 Å². The van der Waals surface area contributed by atoms with Gasteiger partial charge in [-0.15, -0.1) is 0 Å². The van der Waals surface area contributed by atoms with E-state index in [0.717, 1.165) is 10.7 Å². The molecule has 0 saturated carbocycles. The fourth-order valence-corrected chi connectivity index (χ4v) is 5.02. The Morgan fingerprint density at radius 1 is 1.21 bits per heavy atom. The Morgan fingerprint density at radius 2 is 1.93 bits per heavy atom. The monoisotopic (exact) mass is 440 g/mol. The third kappa shape index (κ3) is 4.88. The van der Waals surface area contributed by atoms with Crippen molar-refractivity contribution in [1.82, 2.24) is 9.62 Å². The van der Waals surface area contributed by atoms with Crippen LogP contribution in [0.15, 0.2) is 47.4 Å². The Balaban J connectivity index is 2.02. The molecule has 1 N–H and O–H groups in total. The summed E-state index contributed by atoms with van der Waals surface area (Å²) >= 11 is 5.88. The number of benzene rings is 2. The normalized spacial score (nSPS) is 17.7. The number of halogens is 2. The molecule has 29 heavy (non-hydrogen) atoms. The van der Waals surface area contributed by atoms with Gasteiger partial charge in [-0.2, -0.15) is 4.31 Å². The minimum atomic E-state index is -4.03. The molecule has 2 aromatic carbocycles. The van der Waals surface area contributed by atoms with Gasteiger partial charge >= 0.3 is 0 Å². The van der Waals surface area contributed by atoms with Crippen LogP contribution in [-0.4, -0.2) is 38.3 Å². The molecule has 1 saturated heterocycles. The second-order valence-corrected chi connectivity index (χ2v) is 9.10. The third-order valence-electron chi connectivity index (χ3n) is 4.83. The highest BCUT2D eigenvalue weighted by Gasteiger charge is 2.36. The Hall–Kier alpha value is -2.16. The van der Waals surface area contributed by atoms with Crippen molar-refractivity contribution < 1.29 is 22.3 Å². The van der Waals surface area contributed by atoms with Crippen molar-refractivity contribution in [2.45, 2.75) is 36.7 Å². The molecule has 1 atom stereocenters. The van der Waals surface area contributed by atoms with Crippen molar-refractivity contribution in [2.75, 3.05) is 13.7 Å². The van der Waals surface area contributed by atoms with Gasteiger partial charge in [-0.05, 0) is 61.2 Å². The molecule has 0 bridgehead atoms. The summed E-state index contributed by atoms with van der Waals surface area (Å²) in [6.45, 7) is 0.352.